The van der Waals surface area contributed by atoms with Crippen LogP contribution >= 0.6 is 11.3 Å². The third-order valence-electron chi connectivity index (χ3n) is 4.43. The van der Waals surface area contributed by atoms with Crippen molar-refractivity contribution in [3.63, 3.8) is 0 Å². The number of nitrogens with zero attached hydrogens (tertiary/aromatic N) is 2. The molecule has 1 atom stereocenters. The molecule has 3 rings (SSSR count). The number of aromatic nitrogens is 2. The highest BCUT2D eigenvalue weighted by atomic mass is 32.1. The fourth-order valence-electron chi connectivity index (χ4n) is 3.24. The zero-order chi connectivity index (χ0) is 17.4. The number of hydrogen-bond donors (Lipinski definition) is 1. The molecule has 2 aromatic rings. The number of carbonyl (C=O) groups excluding carboxylic acids is 2. The van der Waals surface area contributed by atoms with Crippen LogP contribution in [0.25, 0.3) is 10.2 Å². The molecule has 0 saturated carbocycles. The highest BCUT2D eigenvalue weighted by Gasteiger charge is 2.23. The van der Waals surface area contributed by atoms with Gasteiger partial charge in [0.2, 0.25) is 5.91 Å². The minimum atomic E-state index is -0.532. The maximum absolute atomic E-state index is 12.7. The first-order valence-corrected chi connectivity index (χ1v) is 8.99. The largest absolute Gasteiger partial charge is 0.344 e. The van der Waals surface area contributed by atoms with Crippen LogP contribution in [0.2, 0.25) is 0 Å². The van der Waals surface area contributed by atoms with Crippen molar-refractivity contribution in [2.24, 2.45) is 5.92 Å². The summed E-state index contributed by atoms with van der Waals surface area (Å²) in [6, 6.07) is -0.532. The van der Waals surface area contributed by atoms with E-state index in [0.29, 0.717) is 5.39 Å². The summed E-state index contributed by atoms with van der Waals surface area (Å²) >= 11 is 1.58. The molecule has 0 bridgehead atoms. The molecule has 0 aromatic carbocycles. The molecule has 128 valence electrons. The fourth-order valence-corrected chi connectivity index (χ4v) is 4.46. The zero-order valence-corrected chi connectivity index (χ0v) is 14.9. The summed E-state index contributed by atoms with van der Waals surface area (Å²) in [6.45, 7) is 5.09. The van der Waals surface area contributed by atoms with E-state index in [-0.39, 0.29) is 29.7 Å². The Morgan fingerprint density at radius 3 is 2.79 bits per heavy atom. The lowest BCUT2D eigenvalue weighted by Gasteiger charge is -2.19. The summed E-state index contributed by atoms with van der Waals surface area (Å²) in [4.78, 5) is 42.9. The second-order valence-corrected chi connectivity index (χ2v) is 7.70. The molecule has 0 saturated heterocycles. The van der Waals surface area contributed by atoms with Crippen LogP contribution in [0, 0.1) is 5.92 Å². The molecular weight excluding hydrogens is 326 g/mol. The Kier molecular flexibility index (Phi) is 4.54. The van der Waals surface area contributed by atoms with E-state index in [1.807, 2.05) is 13.8 Å². The van der Waals surface area contributed by atoms with E-state index in [1.54, 1.807) is 11.3 Å². The van der Waals surface area contributed by atoms with Crippen molar-refractivity contribution in [3.05, 3.63) is 27.1 Å². The maximum Gasteiger partial charge on any atom is 0.262 e. The number of aryl methyl sites for hydroxylation is 2. The normalized spacial score (nSPS) is 14.8. The predicted octanol–water partition coefficient (Wildman–Crippen LogP) is 1.68. The van der Waals surface area contributed by atoms with Crippen molar-refractivity contribution in [1.82, 2.24) is 14.9 Å². The lowest BCUT2D eigenvalue weighted by atomic mass is 10.0. The van der Waals surface area contributed by atoms with Crippen molar-refractivity contribution < 1.29 is 9.59 Å². The van der Waals surface area contributed by atoms with Crippen molar-refractivity contribution in [1.29, 1.82) is 0 Å². The molecule has 2 aromatic heterocycles. The van der Waals surface area contributed by atoms with Crippen LogP contribution in [0.4, 0.5) is 0 Å². The molecule has 0 radical (unpaired) electrons. The number of thiophene rings is 1. The Morgan fingerprint density at radius 1 is 1.38 bits per heavy atom. The zero-order valence-electron chi connectivity index (χ0n) is 14.1. The van der Waals surface area contributed by atoms with E-state index in [9.17, 15) is 14.4 Å². The third-order valence-corrected chi connectivity index (χ3v) is 5.63. The molecule has 0 aliphatic heterocycles. The van der Waals surface area contributed by atoms with E-state index in [0.717, 1.165) is 29.7 Å². The van der Waals surface area contributed by atoms with Gasteiger partial charge in [0.1, 0.15) is 11.4 Å². The molecule has 0 spiro atoms. The van der Waals surface area contributed by atoms with Gasteiger partial charge >= 0.3 is 0 Å². The molecule has 0 unspecified atom stereocenters. The van der Waals surface area contributed by atoms with Gasteiger partial charge in [0.25, 0.3) is 5.56 Å². The van der Waals surface area contributed by atoms with Crippen LogP contribution in [-0.4, -0.2) is 27.3 Å². The Labute approximate surface area is 143 Å². The van der Waals surface area contributed by atoms with Crippen molar-refractivity contribution in [3.8, 4) is 0 Å². The van der Waals surface area contributed by atoms with Crippen molar-refractivity contribution in [2.45, 2.75) is 52.6 Å². The van der Waals surface area contributed by atoms with Crippen molar-refractivity contribution in [2.75, 3.05) is 0 Å². The molecule has 7 heteroatoms. The highest BCUT2D eigenvalue weighted by Crippen LogP contribution is 2.34. The summed E-state index contributed by atoms with van der Waals surface area (Å²) in [5.74, 6) is -0.433. The number of fused-ring (bicyclic) bond motifs is 3. The number of nitrogens with one attached hydrogen (secondary N) is 1. The number of hydrogen-bond acceptors (Lipinski definition) is 5. The molecule has 2 heterocycles. The maximum atomic E-state index is 12.7. The van der Waals surface area contributed by atoms with Gasteiger partial charge in [0.15, 0.2) is 5.78 Å². The number of Topliss-reactive ketones (excluding diaryl/α,β-unsaturated/α-hetero) is 1. The van der Waals surface area contributed by atoms with Gasteiger partial charge in [0, 0.05) is 4.88 Å². The van der Waals surface area contributed by atoms with Crippen LogP contribution in [-0.2, 0) is 29.0 Å². The van der Waals surface area contributed by atoms with Crippen LogP contribution < -0.4 is 10.9 Å². The second kappa shape index (κ2) is 6.47. The fraction of sp³-hybridized carbons (Fsp3) is 0.529. The van der Waals surface area contributed by atoms with Crippen LogP contribution in [0.3, 0.4) is 0 Å². The van der Waals surface area contributed by atoms with Gasteiger partial charge < -0.3 is 5.32 Å². The molecular formula is C17H21N3O3S. The summed E-state index contributed by atoms with van der Waals surface area (Å²) in [7, 11) is 0. The molecule has 1 aliphatic carbocycles. The van der Waals surface area contributed by atoms with E-state index >= 15 is 0 Å². The SMILES string of the molecule is CC(=O)[C@H](NC(=O)Cn1cnc2sc3c(c2c1=O)CCC3)C(C)C. The Morgan fingerprint density at radius 2 is 2.12 bits per heavy atom. The predicted molar refractivity (Wildman–Crippen MR) is 93.4 cm³/mol. The lowest BCUT2D eigenvalue weighted by molar-refractivity contribution is -0.128. The number of rotatable bonds is 5. The Balaban J connectivity index is 1.85. The van der Waals surface area contributed by atoms with E-state index in [2.05, 4.69) is 10.3 Å². The van der Waals surface area contributed by atoms with Gasteiger partial charge in [-0.15, -0.1) is 11.3 Å². The van der Waals surface area contributed by atoms with E-state index < -0.39 is 6.04 Å². The molecule has 0 fully saturated rings. The van der Waals surface area contributed by atoms with Gasteiger partial charge in [-0.25, -0.2) is 4.98 Å². The summed E-state index contributed by atoms with van der Waals surface area (Å²) in [5.41, 5.74) is 0.935. The minimum Gasteiger partial charge on any atom is -0.344 e. The molecule has 6 nitrogen and oxygen atoms in total. The average molecular weight is 347 g/mol. The van der Waals surface area contributed by atoms with Crippen molar-refractivity contribution >= 4 is 33.2 Å². The molecule has 24 heavy (non-hydrogen) atoms. The topological polar surface area (TPSA) is 81.1 Å². The van der Waals surface area contributed by atoms with Gasteiger partial charge in [-0.2, -0.15) is 0 Å². The minimum absolute atomic E-state index is 0.00363. The van der Waals surface area contributed by atoms with Gasteiger partial charge in [-0.1, -0.05) is 13.8 Å². The second-order valence-electron chi connectivity index (χ2n) is 6.61. The van der Waals surface area contributed by atoms with Gasteiger partial charge in [-0.3, -0.25) is 19.0 Å². The smallest absolute Gasteiger partial charge is 0.262 e. The monoisotopic (exact) mass is 347 g/mol. The first kappa shape index (κ1) is 16.8. The summed E-state index contributed by atoms with van der Waals surface area (Å²) in [6.07, 6.45) is 4.40. The summed E-state index contributed by atoms with van der Waals surface area (Å²) < 4.78 is 1.33. The summed E-state index contributed by atoms with van der Waals surface area (Å²) in [5, 5.41) is 3.37. The Bertz CT molecular complexity index is 866. The van der Waals surface area contributed by atoms with E-state index in [4.69, 9.17) is 0 Å². The molecule has 1 amide bonds. The number of carbonyl (C=O) groups is 2. The third kappa shape index (κ3) is 3.00. The molecule has 1 N–H and O–H groups in total. The average Bonchev–Trinajstić information content (AvgIpc) is 3.07. The van der Waals surface area contributed by atoms with Crippen LogP contribution in [0.1, 0.15) is 37.6 Å². The quantitative estimate of drug-likeness (QED) is 0.892. The standard InChI is InChI=1S/C17H21N3O3S/c1-9(2)15(10(3)21)19-13(22)7-20-8-18-16-14(17(20)23)11-5-4-6-12(11)24-16/h8-9,15H,4-7H2,1-3H3,(H,19,22)/t15-/m1/s1. The van der Waals surface area contributed by atoms with Crippen LogP contribution in [0.5, 0.6) is 0 Å². The number of ketones is 1. The van der Waals surface area contributed by atoms with Gasteiger partial charge in [-0.05, 0) is 37.7 Å². The first-order valence-electron chi connectivity index (χ1n) is 8.18. The van der Waals surface area contributed by atoms with E-state index in [1.165, 1.54) is 22.7 Å². The van der Waals surface area contributed by atoms with Gasteiger partial charge in [0.05, 0.1) is 17.8 Å². The lowest BCUT2D eigenvalue weighted by Crippen LogP contribution is -2.45. The molecule has 1 aliphatic rings. The first-order chi connectivity index (χ1) is 11.4. The Hall–Kier alpha value is -2.02. The number of amides is 1. The van der Waals surface area contributed by atoms with Crippen LogP contribution in [0.15, 0.2) is 11.1 Å². The highest BCUT2D eigenvalue weighted by molar-refractivity contribution is 7.18.